The molecule has 1 aliphatic rings. The molecule has 1 aliphatic carbocycles. The van der Waals surface area contributed by atoms with Crippen molar-refractivity contribution in [1.29, 1.82) is 0 Å². The number of benzene rings is 8. The Hall–Kier alpha value is -5.70. The van der Waals surface area contributed by atoms with Crippen LogP contribution in [-0.2, 0) is 0 Å². The van der Waals surface area contributed by atoms with Gasteiger partial charge in [0, 0.05) is 43.2 Å². The quantitative estimate of drug-likeness (QED) is 0.178. The zero-order valence-corrected chi connectivity index (χ0v) is 26.4. The minimum atomic E-state index is 0.198. The van der Waals surface area contributed by atoms with E-state index in [9.17, 15) is 0 Å². The third-order valence-corrected chi connectivity index (χ3v) is 11.0. The SMILES string of the molecule is c1ccc(C2c3ccccc3-c3ccc(N(c4ccccc4)c4ccc5ccc6cc7sc8ccccc8c7cc6c5c4)cc32)cc1. The molecule has 2 heteroatoms. The number of para-hydroxylation sites is 1. The fourth-order valence-electron chi connectivity index (χ4n) is 7.76. The van der Waals surface area contributed by atoms with E-state index in [4.69, 9.17) is 0 Å². The molecule has 0 N–H and O–H groups in total. The molecule has 0 fully saturated rings. The first kappa shape index (κ1) is 26.5. The van der Waals surface area contributed by atoms with Gasteiger partial charge in [0.2, 0.25) is 0 Å². The Kier molecular flexibility index (Phi) is 5.88. The van der Waals surface area contributed by atoms with Crippen molar-refractivity contribution in [1.82, 2.24) is 0 Å². The van der Waals surface area contributed by atoms with Gasteiger partial charge >= 0.3 is 0 Å². The summed E-state index contributed by atoms with van der Waals surface area (Å²) >= 11 is 1.88. The highest BCUT2D eigenvalue weighted by atomic mass is 32.1. The summed E-state index contributed by atoms with van der Waals surface area (Å²) < 4.78 is 2.68. The van der Waals surface area contributed by atoms with Gasteiger partial charge in [-0.3, -0.25) is 0 Å². The van der Waals surface area contributed by atoms with Crippen LogP contribution in [0.2, 0.25) is 0 Å². The van der Waals surface area contributed by atoms with Gasteiger partial charge in [0.25, 0.3) is 0 Å². The third-order valence-electron chi connectivity index (χ3n) is 9.89. The lowest BCUT2D eigenvalue weighted by atomic mass is 9.89. The highest BCUT2D eigenvalue weighted by molar-refractivity contribution is 7.25. The van der Waals surface area contributed by atoms with Crippen LogP contribution in [0.15, 0.2) is 170 Å². The fourth-order valence-corrected chi connectivity index (χ4v) is 8.90. The highest BCUT2D eigenvalue weighted by Crippen LogP contribution is 2.50. The van der Waals surface area contributed by atoms with E-state index in [1.165, 1.54) is 69.5 Å². The van der Waals surface area contributed by atoms with E-state index in [-0.39, 0.29) is 5.92 Å². The molecule has 220 valence electrons. The summed E-state index contributed by atoms with van der Waals surface area (Å²) in [7, 11) is 0. The molecule has 10 rings (SSSR count). The van der Waals surface area contributed by atoms with Gasteiger partial charge in [-0.05, 0) is 104 Å². The number of thiophene rings is 1. The molecule has 0 saturated heterocycles. The minimum Gasteiger partial charge on any atom is -0.310 e. The van der Waals surface area contributed by atoms with Gasteiger partial charge in [-0.2, -0.15) is 0 Å². The Bertz CT molecular complexity index is 2630. The number of nitrogens with zero attached hydrogens (tertiary/aromatic N) is 1. The minimum absolute atomic E-state index is 0.198. The van der Waals surface area contributed by atoms with Crippen LogP contribution >= 0.6 is 11.3 Å². The molecule has 0 amide bonds. The molecule has 1 atom stereocenters. The van der Waals surface area contributed by atoms with Gasteiger partial charge in [0.05, 0.1) is 0 Å². The molecule has 9 aromatic rings. The van der Waals surface area contributed by atoms with E-state index in [1.807, 2.05) is 11.3 Å². The largest absolute Gasteiger partial charge is 0.310 e. The molecule has 1 aromatic heterocycles. The first-order chi connectivity index (χ1) is 23.3. The Labute approximate surface area is 277 Å². The smallest absolute Gasteiger partial charge is 0.0468 e. The van der Waals surface area contributed by atoms with Crippen molar-refractivity contribution in [3.63, 3.8) is 0 Å². The molecule has 8 aromatic carbocycles. The first-order valence-corrected chi connectivity index (χ1v) is 17.0. The summed E-state index contributed by atoms with van der Waals surface area (Å²) in [6.07, 6.45) is 0. The predicted molar refractivity (Wildman–Crippen MR) is 202 cm³/mol. The Morgan fingerprint density at radius 1 is 0.383 bits per heavy atom. The summed E-state index contributed by atoms with van der Waals surface area (Å²) in [6.45, 7) is 0. The molecule has 0 saturated carbocycles. The Balaban J connectivity index is 1.19. The second-order valence-electron chi connectivity index (χ2n) is 12.5. The van der Waals surface area contributed by atoms with Crippen LogP contribution in [0.3, 0.4) is 0 Å². The van der Waals surface area contributed by atoms with Gasteiger partial charge in [-0.15, -0.1) is 11.3 Å². The summed E-state index contributed by atoms with van der Waals surface area (Å²) in [5.41, 5.74) is 10.2. The van der Waals surface area contributed by atoms with E-state index in [1.54, 1.807) is 0 Å². The fraction of sp³-hybridized carbons (Fsp3) is 0.0222. The zero-order chi connectivity index (χ0) is 30.9. The normalized spacial score (nSPS) is 13.7. The van der Waals surface area contributed by atoms with Gasteiger partial charge in [-0.1, -0.05) is 115 Å². The Morgan fingerprint density at radius 3 is 1.94 bits per heavy atom. The highest BCUT2D eigenvalue weighted by Gasteiger charge is 2.30. The average molecular weight is 616 g/mol. The number of fused-ring (bicyclic) bond motifs is 9. The number of hydrogen-bond donors (Lipinski definition) is 0. The number of hydrogen-bond acceptors (Lipinski definition) is 2. The van der Waals surface area contributed by atoms with E-state index in [0.29, 0.717) is 0 Å². The monoisotopic (exact) mass is 615 g/mol. The lowest BCUT2D eigenvalue weighted by molar-refractivity contribution is 1.01. The molecule has 0 spiro atoms. The van der Waals surface area contributed by atoms with Crippen LogP contribution in [0.25, 0.3) is 52.8 Å². The lowest BCUT2D eigenvalue weighted by Gasteiger charge is -2.27. The van der Waals surface area contributed by atoms with Crippen LogP contribution in [0.1, 0.15) is 22.6 Å². The molecule has 0 aliphatic heterocycles. The van der Waals surface area contributed by atoms with Gasteiger partial charge in [-0.25, -0.2) is 0 Å². The number of rotatable bonds is 4. The summed E-state index contributed by atoms with van der Waals surface area (Å²) in [5, 5.41) is 7.76. The van der Waals surface area contributed by atoms with Crippen LogP contribution in [0.4, 0.5) is 17.1 Å². The second-order valence-corrected chi connectivity index (χ2v) is 13.6. The van der Waals surface area contributed by atoms with E-state index >= 15 is 0 Å². The molecular formula is C45H29NS. The van der Waals surface area contributed by atoms with E-state index < -0.39 is 0 Å². The van der Waals surface area contributed by atoms with Crippen LogP contribution in [-0.4, -0.2) is 0 Å². The lowest BCUT2D eigenvalue weighted by Crippen LogP contribution is -2.10. The molecule has 47 heavy (non-hydrogen) atoms. The summed E-state index contributed by atoms with van der Waals surface area (Å²) in [4.78, 5) is 2.42. The Morgan fingerprint density at radius 2 is 1.04 bits per heavy atom. The van der Waals surface area contributed by atoms with Crippen molar-refractivity contribution >= 4 is 70.1 Å². The van der Waals surface area contributed by atoms with Crippen LogP contribution < -0.4 is 4.90 Å². The third kappa shape index (κ3) is 4.15. The predicted octanol–water partition coefficient (Wildman–Crippen LogP) is 13.0. The maximum atomic E-state index is 2.42. The molecule has 1 heterocycles. The number of anilines is 3. The van der Waals surface area contributed by atoms with E-state index in [2.05, 4.69) is 175 Å². The summed E-state index contributed by atoms with van der Waals surface area (Å²) in [6, 6.07) is 62.7. The standard InChI is InChI=1S/C45H29NS/c1-3-11-30(12-4-1)45-38-17-8-7-15-35(38)36-24-23-34(27-42(36)45)46(32-13-5-2-6-14-32)33-22-21-29-19-20-31-25-44-41(28-40(31)39(29)26-33)37-16-9-10-18-43(37)47-44/h1-28,45H. The van der Waals surface area contributed by atoms with Gasteiger partial charge in [0.15, 0.2) is 0 Å². The van der Waals surface area contributed by atoms with Gasteiger partial charge in [0.1, 0.15) is 0 Å². The maximum Gasteiger partial charge on any atom is 0.0468 e. The zero-order valence-electron chi connectivity index (χ0n) is 25.6. The average Bonchev–Trinajstić information content (AvgIpc) is 3.66. The van der Waals surface area contributed by atoms with Crippen molar-refractivity contribution in [2.75, 3.05) is 4.90 Å². The van der Waals surface area contributed by atoms with Crippen molar-refractivity contribution in [2.24, 2.45) is 0 Å². The summed E-state index contributed by atoms with van der Waals surface area (Å²) in [5.74, 6) is 0.198. The second kappa shape index (κ2) is 10.4. The maximum absolute atomic E-state index is 2.42. The van der Waals surface area contributed by atoms with Crippen LogP contribution in [0, 0.1) is 0 Å². The van der Waals surface area contributed by atoms with Crippen molar-refractivity contribution in [3.05, 3.63) is 187 Å². The van der Waals surface area contributed by atoms with Crippen molar-refractivity contribution in [2.45, 2.75) is 5.92 Å². The molecule has 1 unspecified atom stereocenters. The topological polar surface area (TPSA) is 3.24 Å². The van der Waals surface area contributed by atoms with E-state index in [0.717, 1.165) is 17.1 Å². The van der Waals surface area contributed by atoms with Gasteiger partial charge < -0.3 is 4.90 Å². The molecule has 0 bridgehead atoms. The van der Waals surface area contributed by atoms with Crippen LogP contribution in [0.5, 0.6) is 0 Å². The van der Waals surface area contributed by atoms with Crippen molar-refractivity contribution in [3.8, 4) is 11.1 Å². The molecular weight excluding hydrogens is 587 g/mol. The van der Waals surface area contributed by atoms with Crippen molar-refractivity contribution < 1.29 is 0 Å². The molecule has 0 radical (unpaired) electrons. The first-order valence-electron chi connectivity index (χ1n) is 16.2. The molecule has 1 nitrogen and oxygen atoms in total.